The molecular formula is C26H27NO2S. The van der Waals surface area contributed by atoms with Crippen molar-refractivity contribution >= 4 is 17.7 Å². The fourth-order valence-corrected chi connectivity index (χ4v) is 4.58. The van der Waals surface area contributed by atoms with Crippen molar-refractivity contribution in [2.75, 3.05) is 0 Å². The Kier molecular flexibility index (Phi) is 5.87. The van der Waals surface area contributed by atoms with Crippen LogP contribution >= 0.6 is 11.8 Å². The van der Waals surface area contributed by atoms with Gasteiger partial charge in [0.15, 0.2) is 0 Å². The molecule has 1 heterocycles. The standard InChI is InChI=1S/C26H27NO2S/c1-18-8-14-21(15-9-18)30-17-19-10-12-20(13-11-19)25(28)27-23-16-26(2,3)29-24-7-5-4-6-22(23)24/h4-15,23H,16-17H2,1-3H3,(H,27,28)/t23-/m0/s1. The lowest BCUT2D eigenvalue weighted by Gasteiger charge is -2.37. The van der Waals surface area contributed by atoms with E-state index in [-0.39, 0.29) is 17.6 Å². The second kappa shape index (κ2) is 8.57. The Morgan fingerprint density at radius 3 is 2.47 bits per heavy atom. The molecule has 0 unspecified atom stereocenters. The average molecular weight is 418 g/mol. The summed E-state index contributed by atoms with van der Waals surface area (Å²) in [5.74, 6) is 1.68. The van der Waals surface area contributed by atoms with E-state index in [0.29, 0.717) is 5.56 Å². The van der Waals surface area contributed by atoms with E-state index in [1.165, 1.54) is 16.0 Å². The number of benzene rings is 3. The second-order valence-electron chi connectivity index (χ2n) is 8.43. The Labute approximate surface area is 182 Å². The van der Waals surface area contributed by atoms with Crippen LogP contribution in [0.2, 0.25) is 0 Å². The van der Waals surface area contributed by atoms with Gasteiger partial charge in [0.25, 0.3) is 5.91 Å². The van der Waals surface area contributed by atoms with Gasteiger partial charge >= 0.3 is 0 Å². The van der Waals surface area contributed by atoms with E-state index in [2.05, 4.69) is 50.4 Å². The highest BCUT2D eigenvalue weighted by Gasteiger charge is 2.34. The molecule has 1 aliphatic rings. The maximum Gasteiger partial charge on any atom is 0.251 e. The van der Waals surface area contributed by atoms with Gasteiger partial charge in [-0.15, -0.1) is 11.8 Å². The molecule has 1 amide bonds. The number of carbonyl (C=O) groups excluding carboxylic acids is 1. The van der Waals surface area contributed by atoms with Crippen LogP contribution in [0.3, 0.4) is 0 Å². The highest BCUT2D eigenvalue weighted by molar-refractivity contribution is 7.98. The molecule has 0 aliphatic carbocycles. The summed E-state index contributed by atoms with van der Waals surface area (Å²) in [4.78, 5) is 14.2. The molecule has 0 bridgehead atoms. The minimum Gasteiger partial charge on any atom is -0.487 e. The zero-order chi connectivity index (χ0) is 21.1. The van der Waals surface area contributed by atoms with Crippen molar-refractivity contribution in [3.8, 4) is 5.75 Å². The molecule has 4 rings (SSSR count). The molecule has 4 heteroatoms. The summed E-state index contributed by atoms with van der Waals surface area (Å²) in [7, 11) is 0. The SMILES string of the molecule is Cc1ccc(SCc2ccc(C(=O)N[C@H]3CC(C)(C)Oc4ccccc43)cc2)cc1. The van der Waals surface area contributed by atoms with Gasteiger partial charge in [0.2, 0.25) is 0 Å². The highest BCUT2D eigenvalue weighted by atomic mass is 32.2. The number of carbonyl (C=O) groups is 1. The van der Waals surface area contributed by atoms with Crippen molar-refractivity contribution in [2.45, 2.75) is 49.5 Å². The number of amides is 1. The van der Waals surface area contributed by atoms with Gasteiger partial charge in [-0.25, -0.2) is 0 Å². The van der Waals surface area contributed by atoms with Gasteiger partial charge < -0.3 is 10.1 Å². The van der Waals surface area contributed by atoms with Gasteiger partial charge in [-0.3, -0.25) is 4.79 Å². The molecule has 3 aromatic carbocycles. The van der Waals surface area contributed by atoms with Crippen LogP contribution in [-0.4, -0.2) is 11.5 Å². The van der Waals surface area contributed by atoms with Crippen LogP contribution in [-0.2, 0) is 5.75 Å². The third kappa shape index (κ3) is 4.88. The van der Waals surface area contributed by atoms with Gasteiger partial charge in [0.05, 0.1) is 6.04 Å². The number of hydrogen-bond donors (Lipinski definition) is 1. The zero-order valence-electron chi connectivity index (χ0n) is 17.6. The van der Waals surface area contributed by atoms with E-state index in [1.54, 1.807) is 11.8 Å². The summed E-state index contributed by atoms with van der Waals surface area (Å²) >= 11 is 1.80. The molecule has 1 atom stereocenters. The Morgan fingerprint density at radius 1 is 1.03 bits per heavy atom. The summed E-state index contributed by atoms with van der Waals surface area (Å²) in [5, 5.41) is 3.21. The van der Waals surface area contributed by atoms with Gasteiger partial charge in [-0.05, 0) is 56.7 Å². The Balaban J connectivity index is 1.41. The molecule has 3 aromatic rings. The van der Waals surface area contributed by atoms with Crippen molar-refractivity contribution in [1.29, 1.82) is 0 Å². The minimum atomic E-state index is -0.316. The van der Waals surface area contributed by atoms with Gasteiger partial charge in [0.1, 0.15) is 11.4 Å². The van der Waals surface area contributed by atoms with Crippen LogP contribution in [0.15, 0.2) is 77.7 Å². The van der Waals surface area contributed by atoms with Crippen LogP contribution in [0.4, 0.5) is 0 Å². The van der Waals surface area contributed by atoms with Gasteiger partial charge in [0, 0.05) is 28.2 Å². The first-order valence-corrected chi connectivity index (χ1v) is 11.3. The molecular weight excluding hydrogens is 390 g/mol. The number of ether oxygens (including phenoxy) is 1. The van der Waals surface area contributed by atoms with Crippen LogP contribution in [0, 0.1) is 6.92 Å². The van der Waals surface area contributed by atoms with Crippen molar-refractivity contribution in [1.82, 2.24) is 5.32 Å². The Hall–Kier alpha value is -2.72. The number of rotatable bonds is 5. The van der Waals surface area contributed by atoms with E-state index in [0.717, 1.165) is 23.5 Å². The summed E-state index contributed by atoms with van der Waals surface area (Å²) in [6, 6.07) is 24.3. The number of para-hydroxylation sites is 1. The zero-order valence-corrected chi connectivity index (χ0v) is 18.5. The third-order valence-corrected chi connectivity index (χ3v) is 6.41. The quantitative estimate of drug-likeness (QED) is 0.494. The van der Waals surface area contributed by atoms with Crippen LogP contribution in [0.25, 0.3) is 0 Å². The first-order chi connectivity index (χ1) is 14.4. The fourth-order valence-electron chi connectivity index (χ4n) is 3.73. The molecule has 0 saturated carbocycles. The molecule has 0 saturated heterocycles. The molecule has 30 heavy (non-hydrogen) atoms. The Morgan fingerprint density at radius 2 is 1.73 bits per heavy atom. The smallest absolute Gasteiger partial charge is 0.251 e. The third-order valence-electron chi connectivity index (χ3n) is 5.32. The number of thioether (sulfide) groups is 1. The van der Waals surface area contributed by atoms with E-state index < -0.39 is 0 Å². The van der Waals surface area contributed by atoms with Gasteiger partial charge in [-0.1, -0.05) is 48.0 Å². The first kappa shape index (κ1) is 20.5. The van der Waals surface area contributed by atoms with E-state index in [4.69, 9.17) is 4.74 Å². The van der Waals surface area contributed by atoms with E-state index >= 15 is 0 Å². The summed E-state index contributed by atoms with van der Waals surface area (Å²) in [5.41, 5.74) is 3.88. The molecule has 1 N–H and O–H groups in total. The topological polar surface area (TPSA) is 38.3 Å². The summed E-state index contributed by atoms with van der Waals surface area (Å²) in [6.45, 7) is 6.21. The Bertz CT molecular complexity index is 1030. The van der Waals surface area contributed by atoms with Gasteiger partial charge in [-0.2, -0.15) is 0 Å². The molecule has 0 radical (unpaired) electrons. The lowest BCUT2D eigenvalue weighted by Crippen LogP contribution is -2.41. The van der Waals surface area contributed by atoms with E-state index in [1.807, 2.05) is 48.5 Å². The lowest BCUT2D eigenvalue weighted by atomic mass is 9.89. The number of nitrogens with one attached hydrogen (secondary N) is 1. The predicted molar refractivity (Wildman–Crippen MR) is 123 cm³/mol. The monoisotopic (exact) mass is 417 g/mol. The predicted octanol–water partition coefficient (Wildman–Crippen LogP) is 6.32. The summed E-state index contributed by atoms with van der Waals surface area (Å²) < 4.78 is 6.07. The van der Waals surface area contributed by atoms with Crippen LogP contribution in [0.5, 0.6) is 5.75 Å². The molecule has 154 valence electrons. The molecule has 3 nitrogen and oxygen atoms in total. The van der Waals surface area contributed by atoms with Crippen molar-refractivity contribution in [3.63, 3.8) is 0 Å². The molecule has 0 fully saturated rings. The maximum atomic E-state index is 12.9. The molecule has 0 spiro atoms. The largest absolute Gasteiger partial charge is 0.487 e. The van der Waals surface area contributed by atoms with E-state index in [9.17, 15) is 4.79 Å². The van der Waals surface area contributed by atoms with Crippen molar-refractivity contribution in [3.05, 3.63) is 95.1 Å². The first-order valence-electron chi connectivity index (χ1n) is 10.3. The average Bonchev–Trinajstić information content (AvgIpc) is 2.73. The number of fused-ring (bicyclic) bond motifs is 1. The second-order valence-corrected chi connectivity index (χ2v) is 9.48. The normalized spacial score (nSPS) is 17.0. The lowest BCUT2D eigenvalue weighted by molar-refractivity contribution is 0.0619. The van der Waals surface area contributed by atoms with Crippen LogP contribution < -0.4 is 10.1 Å². The number of aryl methyl sites for hydroxylation is 1. The molecule has 0 aromatic heterocycles. The summed E-state index contributed by atoms with van der Waals surface area (Å²) in [6.07, 6.45) is 0.737. The van der Waals surface area contributed by atoms with Crippen LogP contribution in [0.1, 0.15) is 53.4 Å². The number of hydrogen-bond acceptors (Lipinski definition) is 3. The minimum absolute atomic E-state index is 0.0507. The highest BCUT2D eigenvalue weighted by Crippen LogP contribution is 2.39. The maximum absolute atomic E-state index is 12.9. The van der Waals surface area contributed by atoms with Crippen molar-refractivity contribution in [2.24, 2.45) is 0 Å². The van der Waals surface area contributed by atoms with Crippen molar-refractivity contribution < 1.29 is 9.53 Å². The molecule has 1 aliphatic heterocycles. The fraction of sp³-hybridized carbons (Fsp3) is 0.269.